The molecule has 1 heterocycles. The maximum atomic E-state index is 12.9. The number of likely N-dealkylation sites (tertiary alicyclic amines) is 1. The van der Waals surface area contributed by atoms with Gasteiger partial charge in [-0.1, -0.05) is 104 Å². The van der Waals surface area contributed by atoms with Crippen molar-refractivity contribution in [2.75, 3.05) is 86.1 Å². The number of carbonyl (C=O) groups is 8. The summed E-state index contributed by atoms with van der Waals surface area (Å²) >= 11 is 0. The molecule has 3 atom stereocenters. The Kier molecular flexibility index (Phi) is 55.8. The summed E-state index contributed by atoms with van der Waals surface area (Å²) in [5.74, 6) is -2.06. The second-order valence-corrected chi connectivity index (χ2v) is 18.8. The van der Waals surface area contributed by atoms with Crippen molar-refractivity contribution in [1.29, 1.82) is 0 Å². The van der Waals surface area contributed by atoms with Crippen molar-refractivity contribution in [2.24, 2.45) is 11.7 Å². The SMILES string of the molecule is CC(C)C.CC=O.CNCCOCCOCC(=O)NCCCCC(C)N.O=CCOCCOCCNC(=O)C1CCCN1C(=O)CCC(NC(=O)CCCCCCCCCCCCCCCCC(=O)O)C(=O)O. The smallest absolute Gasteiger partial charge is 0.326 e. The maximum absolute atomic E-state index is 12.9. The summed E-state index contributed by atoms with van der Waals surface area (Å²) in [6.45, 7) is 14.7. The number of ether oxygens (including phenoxy) is 4. The van der Waals surface area contributed by atoms with Gasteiger partial charge < -0.3 is 70.7 Å². The van der Waals surface area contributed by atoms with E-state index in [0.717, 1.165) is 76.5 Å². The fourth-order valence-corrected chi connectivity index (χ4v) is 7.10. The van der Waals surface area contributed by atoms with Gasteiger partial charge in [0.1, 0.15) is 37.9 Å². The number of nitrogens with zero attached hydrogens (tertiary/aromatic N) is 1. The minimum absolute atomic E-state index is 0.0108. The first-order chi connectivity index (χ1) is 35.1. The lowest BCUT2D eigenvalue weighted by Gasteiger charge is -2.24. The third kappa shape index (κ3) is 55.5. The van der Waals surface area contributed by atoms with Gasteiger partial charge in [-0.05, 0) is 71.8 Å². The van der Waals surface area contributed by atoms with Crippen LogP contribution in [0.15, 0.2) is 0 Å². The number of likely N-dealkylation sites (N-methyl/N-ethyl adjacent to an activating group) is 1. The molecule has 73 heavy (non-hydrogen) atoms. The van der Waals surface area contributed by atoms with Gasteiger partial charge in [-0.3, -0.25) is 24.0 Å². The van der Waals surface area contributed by atoms with Gasteiger partial charge in [-0.2, -0.15) is 0 Å². The van der Waals surface area contributed by atoms with Gasteiger partial charge in [0.05, 0.1) is 39.6 Å². The van der Waals surface area contributed by atoms with E-state index in [1.807, 2.05) is 14.0 Å². The first-order valence-electron chi connectivity index (χ1n) is 27.2. The Morgan fingerprint density at radius 3 is 1.64 bits per heavy atom. The van der Waals surface area contributed by atoms with Crippen LogP contribution >= 0.6 is 0 Å². The van der Waals surface area contributed by atoms with Crippen LogP contribution in [0, 0.1) is 5.92 Å². The predicted molar refractivity (Wildman–Crippen MR) is 284 cm³/mol. The molecule has 0 bridgehead atoms. The number of aliphatic carboxylic acids is 2. The predicted octanol–water partition coefficient (Wildman–Crippen LogP) is 5.74. The van der Waals surface area contributed by atoms with Crippen LogP contribution in [0.1, 0.15) is 182 Å². The Hall–Kier alpha value is -4.08. The van der Waals surface area contributed by atoms with E-state index in [0.29, 0.717) is 65.1 Å². The second kappa shape index (κ2) is 55.7. The van der Waals surface area contributed by atoms with Crippen LogP contribution in [-0.2, 0) is 57.3 Å². The van der Waals surface area contributed by atoms with Crippen molar-refractivity contribution in [1.82, 2.24) is 26.2 Å². The highest BCUT2D eigenvalue weighted by atomic mass is 16.5. The van der Waals surface area contributed by atoms with Crippen LogP contribution in [-0.4, -0.2) is 167 Å². The average Bonchev–Trinajstić information content (AvgIpc) is 3.84. The standard InChI is InChI=1S/C34H59N3O10.C13H29N3O3.C4H10.C2H4O/c38-23-25-47-27-26-46-24-21-35-33(43)29-16-15-22-37(29)31(40)20-19-28(34(44)45)36-30(39)17-13-11-9-7-5-3-1-2-4-6-8-10-12-14-18-32(41)42;1-12(14)5-3-4-6-16-13(17)11-19-10-9-18-8-7-15-2;1-4(2)3;1-2-3/h23,28-29H,1-22,24-27H2,(H,35,43)(H,36,39)(H,41,42)(H,44,45);12,15H,3-11,14H2,1-2H3,(H,16,17);4H,1-3H3;2H,1H3. The summed E-state index contributed by atoms with van der Waals surface area (Å²) in [7, 11) is 1.87. The van der Waals surface area contributed by atoms with Crippen LogP contribution < -0.4 is 27.0 Å². The van der Waals surface area contributed by atoms with Crippen LogP contribution in [0.2, 0.25) is 0 Å². The van der Waals surface area contributed by atoms with E-state index in [-0.39, 0.29) is 88.3 Å². The largest absolute Gasteiger partial charge is 0.481 e. The van der Waals surface area contributed by atoms with E-state index in [4.69, 9.17) is 34.6 Å². The van der Waals surface area contributed by atoms with Crippen LogP contribution in [0.5, 0.6) is 0 Å². The highest BCUT2D eigenvalue weighted by Gasteiger charge is 2.34. The van der Waals surface area contributed by atoms with Crippen molar-refractivity contribution in [2.45, 2.75) is 200 Å². The van der Waals surface area contributed by atoms with E-state index in [2.05, 4.69) is 42.0 Å². The number of amides is 4. The number of carboxylic acid groups (broad SMARTS) is 2. The van der Waals surface area contributed by atoms with Crippen molar-refractivity contribution >= 4 is 48.1 Å². The molecule has 1 fully saturated rings. The lowest BCUT2D eigenvalue weighted by molar-refractivity contribution is -0.143. The number of carboxylic acids is 2. The number of nitrogens with one attached hydrogen (secondary N) is 4. The van der Waals surface area contributed by atoms with E-state index >= 15 is 0 Å². The molecule has 0 spiro atoms. The number of unbranched alkanes of at least 4 members (excludes halogenated alkanes) is 14. The highest BCUT2D eigenvalue weighted by molar-refractivity contribution is 5.89. The molecule has 1 saturated heterocycles. The number of rotatable bonds is 44. The maximum Gasteiger partial charge on any atom is 0.326 e. The zero-order chi connectivity index (χ0) is 55.2. The summed E-state index contributed by atoms with van der Waals surface area (Å²) in [6, 6.07) is -1.54. The van der Waals surface area contributed by atoms with Crippen molar-refractivity contribution in [3.05, 3.63) is 0 Å². The minimum atomic E-state index is -1.19. The average molecular weight is 1050 g/mol. The zero-order valence-electron chi connectivity index (χ0n) is 46.0. The molecule has 8 N–H and O–H groups in total. The molecular weight excluding hydrogens is 945 g/mol. The van der Waals surface area contributed by atoms with Crippen molar-refractivity contribution in [3.8, 4) is 0 Å². The lowest BCUT2D eigenvalue weighted by atomic mass is 10.0. The fraction of sp³-hybridized carbons (Fsp3) is 0.849. The summed E-state index contributed by atoms with van der Waals surface area (Å²) in [5, 5.41) is 29.3. The third-order valence-electron chi connectivity index (χ3n) is 10.8. The third-order valence-corrected chi connectivity index (χ3v) is 10.8. The molecule has 1 aliphatic rings. The number of hydrogen-bond acceptors (Lipinski definition) is 14. The summed E-state index contributed by atoms with van der Waals surface area (Å²) in [5.41, 5.74) is 5.64. The second-order valence-electron chi connectivity index (χ2n) is 18.8. The van der Waals surface area contributed by atoms with Crippen molar-refractivity contribution in [3.63, 3.8) is 0 Å². The first-order valence-corrected chi connectivity index (χ1v) is 27.2. The molecule has 20 heteroatoms. The molecule has 0 aromatic carbocycles. The Bertz CT molecular complexity index is 1370. The summed E-state index contributed by atoms with van der Waals surface area (Å²) in [4.78, 5) is 92.0. The minimum Gasteiger partial charge on any atom is -0.481 e. The quantitative estimate of drug-likeness (QED) is 0.0283. The van der Waals surface area contributed by atoms with Gasteiger partial charge in [0.25, 0.3) is 0 Å². The number of hydrogen-bond donors (Lipinski definition) is 7. The zero-order valence-corrected chi connectivity index (χ0v) is 46.0. The van der Waals surface area contributed by atoms with Crippen LogP contribution in [0.4, 0.5) is 0 Å². The Morgan fingerprint density at radius 1 is 0.630 bits per heavy atom. The number of carbonyl (C=O) groups excluding carboxylic acids is 6. The van der Waals surface area contributed by atoms with Gasteiger partial charge in [-0.25, -0.2) is 4.79 Å². The van der Waals surface area contributed by atoms with E-state index in [9.17, 15) is 38.7 Å². The van der Waals surface area contributed by atoms with Crippen molar-refractivity contribution < 1.29 is 67.5 Å². The molecule has 20 nitrogen and oxygen atoms in total. The molecule has 1 rings (SSSR count). The van der Waals surface area contributed by atoms with Gasteiger partial charge in [0.15, 0.2) is 0 Å². The molecule has 428 valence electrons. The first kappa shape index (κ1) is 73.2. The van der Waals surface area contributed by atoms with E-state index < -0.39 is 24.0 Å². The molecule has 3 unspecified atom stereocenters. The molecule has 4 amide bonds. The van der Waals surface area contributed by atoms with Gasteiger partial charge in [0.2, 0.25) is 23.6 Å². The summed E-state index contributed by atoms with van der Waals surface area (Å²) < 4.78 is 20.8. The van der Waals surface area contributed by atoms with Crippen LogP contribution in [0.3, 0.4) is 0 Å². The Balaban J connectivity index is -0.00000155. The van der Waals surface area contributed by atoms with E-state index in [1.54, 1.807) is 0 Å². The molecule has 0 aromatic rings. The Labute approximate surface area is 438 Å². The summed E-state index contributed by atoms with van der Waals surface area (Å²) in [6.07, 6.45) is 21.1. The molecule has 0 aliphatic carbocycles. The highest BCUT2D eigenvalue weighted by Crippen LogP contribution is 2.20. The monoisotopic (exact) mass is 1050 g/mol. The fourth-order valence-electron chi connectivity index (χ4n) is 7.10. The Morgan fingerprint density at radius 2 is 1.14 bits per heavy atom. The molecule has 0 radical (unpaired) electrons. The van der Waals surface area contributed by atoms with Crippen LogP contribution in [0.25, 0.3) is 0 Å². The van der Waals surface area contributed by atoms with Gasteiger partial charge >= 0.3 is 11.9 Å². The molecule has 1 aliphatic heterocycles. The number of nitrogens with two attached hydrogens (primary N) is 1. The topological polar surface area (TPSA) is 291 Å². The molecule has 0 saturated carbocycles. The molecule has 0 aromatic heterocycles. The van der Waals surface area contributed by atoms with Gasteiger partial charge in [0, 0.05) is 51.5 Å². The normalized spacial score (nSPS) is 13.5. The molecular formula is C53H102N6O14. The van der Waals surface area contributed by atoms with E-state index in [1.165, 1.54) is 56.8 Å². The number of aldehydes is 2. The van der Waals surface area contributed by atoms with Gasteiger partial charge in [-0.15, -0.1) is 0 Å². The lowest BCUT2D eigenvalue weighted by Crippen LogP contribution is -2.47.